The molecule has 42 valence electrons. The molecule has 0 saturated heterocycles. The minimum absolute atomic E-state index is 0. The first-order valence-electron chi connectivity index (χ1n) is 1.02. The summed E-state index contributed by atoms with van der Waals surface area (Å²) in [6.45, 7) is 0. The van der Waals surface area contributed by atoms with Crippen LogP contribution < -0.4 is 19.2 Å². The van der Waals surface area contributed by atoms with Crippen LogP contribution in [0.2, 0.25) is 0 Å². The van der Waals surface area contributed by atoms with E-state index in [9.17, 15) is 0 Å². The molecule has 0 unspecified atom stereocenters. The summed E-state index contributed by atoms with van der Waals surface area (Å²) in [5, 5.41) is 0. The van der Waals surface area contributed by atoms with Gasteiger partial charge < -0.3 is 28.2 Å². The molecule has 0 aliphatic heterocycles. The van der Waals surface area contributed by atoms with Crippen molar-refractivity contribution in [1.29, 1.82) is 0 Å². The largest absolute Gasteiger partial charge is 2.00 e. The topological polar surface area (TPSA) is 109 Å². The molecule has 0 amide bonds. The molecule has 0 aromatic heterocycles. The molecule has 0 aromatic carbocycles. The van der Waals surface area contributed by atoms with Gasteiger partial charge >= 0.3 is 41.9 Å². The fourth-order valence-corrected chi connectivity index (χ4v) is 0. The van der Waals surface area contributed by atoms with Crippen LogP contribution in [-0.4, -0.2) is 46.5 Å². The first-order chi connectivity index (χ1) is 3.00. The number of hydrogen-bond acceptors (Lipinski definition) is 5. The molecule has 0 bridgehead atoms. The maximum atomic E-state index is 8.58. The zero-order chi connectivity index (χ0) is 6.50. The summed E-state index contributed by atoms with van der Waals surface area (Å²) < 4.78 is 8.06. The van der Waals surface area contributed by atoms with Crippen molar-refractivity contribution in [3.05, 3.63) is 0 Å². The Morgan fingerprint density at radius 1 is 1.00 bits per heavy atom. The Hall–Kier alpha value is 0.996. The van der Waals surface area contributed by atoms with Crippen molar-refractivity contribution in [2.75, 3.05) is 0 Å². The molecule has 0 rings (SSSR count). The minimum atomic E-state index is -5.61. The first kappa shape index (κ1) is 16.0. The fraction of sp³-hybridized carbons (Fsp3) is 0. The van der Waals surface area contributed by atoms with Gasteiger partial charge in [-0.15, -0.1) is 0 Å². The van der Waals surface area contributed by atoms with E-state index in [1.165, 1.54) is 0 Å². The van der Waals surface area contributed by atoms with Crippen molar-refractivity contribution in [2.24, 2.45) is 0 Å². The summed E-state index contributed by atoms with van der Waals surface area (Å²) in [6, 6.07) is 0. The third kappa shape index (κ3) is 254. The molecule has 0 spiro atoms. The Kier molecular flexibility index (Phi) is 16.0. The van der Waals surface area contributed by atoms with Gasteiger partial charge in [0.1, 0.15) is 0 Å². The molecule has 0 heterocycles. The second kappa shape index (κ2) is 8.00. The van der Waals surface area contributed by atoms with E-state index in [2.05, 4.69) is 0 Å². The molecular weight excluding hydrogens is 343 g/mol. The van der Waals surface area contributed by atoms with E-state index in [4.69, 9.17) is 23.6 Å². The molecule has 0 atom stereocenters. The predicted octanol–water partition coefficient (Wildman–Crippen LogP) is -6.02. The maximum absolute atomic E-state index is 8.58. The monoisotopic (exact) mass is 344 g/mol. The number of rotatable bonds is 0. The van der Waals surface area contributed by atoms with Crippen molar-refractivity contribution in [3.63, 3.8) is 0 Å². The average Bonchev–Trinajstić information content (AvgIpc) is 1.36. The Balaban J connectivity index is -0.0000000750. The van der Waals surface area contributed by atoms with Crippen molar-refractivity contribution in [2.45, 2.75) is 0 Å². The zero-order valence-electron chi connectivity index (χ0n) is 3.54. The third-order valence-corrected chi connectivity index (χ3v) is 0. The Morgan fingerprint density at radius 2 is 1.00 bits per heavy atom. The summed E-state index contributed by atoms with van der Waals surface area (Å²) in [6.07, 6.45) is 0. The van der Waals surface area contributed by atoms with Crippen molar-refractivity contribution in [1.82, 2.24) is 0 Å². The van der Waals surface area contributed by atoms with Crippen LogP contribution in [0.5, 0.6) is 0 Å². The van der Waals surface area contributed by atoms with Crippen molar-refractivity contribution >= 4 is 46.5 Å². The van der Waals surface area contributed by atoms with E-state index in [1.807, 2.05) is 0 Å². The van der Waals surface area contributed by atoms with Crippen molar-refractivity contribution < 1.29 is 23.6 Å². The smallest absolute Gasteiger partial charge is 0.894 e. The molecule has 5 nitrogen and oxygen atoms in total. The average molecular weight is 343 g/mol. The van der Waals surface area contributed by atoms with Gasteiger partial charge in [0, 0.05) is 0 Å². The molecular formula is O5PbSi2. The van der Waals surface area contributed by atoms with Gasteiger partial charge in [-0.25, -0.2) is 0 Å². The van der Waals surface area contributed by atoms with E-state index in [1.54, 1.807) is 10.1 Å². The van der Waals surface area contributed by atoms with E-state index in [0.717, 1.165) is 0 Å². The molecule has 0 N–H and O–H groups in total. The van der Waals surface area contributed by atoms with Gasteiger partial charge in [0.15, 0.2) is 0 Å². The normalized spacial score (nSPS) is 8.25. The standard InChI is InChI=1S/O4Si.OSi.Pb/c1-5(2,3)4;1-2;/q-4;2*+2. The number of hydrogen-bond donors (Lipinski definition) is 0. The summed E-state index contributed by atoms with van der Waals surface area (Å²) >= 11 is 0. The van der Waals surface area contributed by atoms with Crippen LogP contribution >= 0.6 is 0 Å². The predicted molar refractivity (Wildman–Crippen MR) is 17.9 cm³/mol. The van der Waals surface area contributed by atoms with Crippen LogP contribution in [0.4, 0.5) is 0 Å². The molecule has 8 heavy (non-hydrogen) atoms. The molecule has 0 aromatic rings. The van der Waals surface area contributed by atoms with Crippen LogP contribution in [0.25, 0.3) is 0 Å². The van der Waals surface area contributed by atoms with Crippen LogP contribution in [0.1, 0.15) is 0 Å². The van der Waals surface area contributed by atoms with Gasteiger partial charge in [-0.2, -0.15) is 0 Å². The summed E-state index contributed by atoms with van der Waals surface area (Å²) in [4.78, 5) is 34.3. The minimum Gasteiger partial charge on any atom is -0.894 e. The fourth-order valence-electron chi connectivity index (χ4n) is 0. The second-order valence-corrected chi connectivity index (χ2v) is 1.50. The molecule has 2 radical (unpaired) electrons. The van der Waals surface area contributed by atoms with Crippen LogP contribution in [0.15, 0.2) is 0 Å². The van der Waals surface area contributed by atoms with Gasteiger partial charge in [-0.1, -0.05) is 0 Å². The van der Waals surface area contributed by atoms with E-state index >= 15 is 0 Å². The van der Waals surface area contributed by atoms with E-state index in [-0.39, 0.29) is 27.3 Å². The Bertz CT molecular complexity index is 34.2. The Morgan fingerprint density at radius 3 is 1.00 bits per heavy atom. The first-order valence-corrected chi connectivity index (χ1v) is 3.06. The van der Waals surface area contributed by atoms with Gasteiger partial charge in [0.05, 0.1) is 0 Å². The van der Waals surface area contributed by atoms with Crippen LogP contribution in [0, 0.1) is 0 Å². The quantitative estimate of drug-likeness (QED) is 0.407. The van der Waals surface area contributed by atoms with E-state index in [0.29, 0.717) is 0 Å². The van der Waals surface area contributed by atoms with Gasteiger partial charge in [-0.05, 0) is 0 Å². The third-order valence-electron chi connectivity index (χ3n) is 0. The van der Waals surface area contributed by atoms with Crippen molar-refractivity contribution in [3.8, 4) is 0 Å². The summed E-state index contributed by atoms with van der Waals surface area (Å²) in [5.41, 5.74) is 0. The van der Waals surface area contributed by atoms with E-state index < -0.39 is 9.05 Å². The SMILES string of the molecule is O=[Si+2].[O-][Si]([O-])([O-])[O-].[Pb+2]. The summed E-state index contributed by atoms with van der Waals surface area (Å²) in [5.74, 6) is 0. The van der Waals surface area contributed by atoms with Crippen LogP contribution in [0.3, 0.4) is 0 Å². The molecule has 0 aliphatic carbocycles. The maximum Gasteiger partial charge on any atom is 2.00 e. The van der Waals surface area contributed by atoms with Gasteiger partial charge in [-0.3, -0.25) is 0 Å². The molecule has 0 aliphatic rings. The van der Waals surface area contributed by atoms with Crippen LogP contribution in [-0.2, 0) is 4.46 Å². The zero-order valence-corrected chi connectivity index (χ0v) is 9.43. The molecule has 8 heteroatoms. The molecule has 0 saturated carbocycles. The Labute approximate surface area is 70.1 Å². The van der Waals surface area contributed by atoms with Gasteiger partial charge in [0.2, 0.25) is 0 Å². The summed E-state index contributed by atoms with van der Waals surface area (Å²) in [7, 11) is -3.89. The van der Waals surface area contributed by atoms with Gasteiger partial charge in [0.25, 0.3) is 0 Å². The second-order valence-electron chi connectivity index (χ2n) is 0.500. The molecule has 0 fully saturated rings.